The molecular weight excluding hydrogens is 879 g/mol. The number of allylic oxidation sites excluding steroid dienone is 19. The number of aliphatic hydroxyl groups is 2. The third-order valence-electron chi connectivity index (χ3n) is 13.4. The fourth-order valence-electron chi connectivity index (χ4n) is 8.80. The quantitative estimate of drug-likeness (QED) is 0.0420. The van der Waals surface area contributed by atoms with Gasteiger partial charge in [-0.15, -0.1) is 0 Å². The molecule has 0 aromatic rings. The number of hydrogen-bond donors (Lipinski definition) is 3. The Morgan fingerprint density at radius 3 is 0.972 bits per heavy atom. The molecule has 0 heterocycles. The zero-order valence-electron chi connectivity index (χ0n) is 47.4. The number of unbranched alkanes of at least 4 members (excludes halogenated alkanes) is 30. The number of hydrogen-bond acceptors (Lipinski definition) is 3. The van der Waals surface area contributed by atoms with Crippen molar-refractivity contribution in [2.75, 3.05) is 6.61 Å². The second-order valence-electron chi connectivity index (χ2n) is 20.4. The molecule has 0 saturated carbocycles. The van der Waals surface area contributed by atoms with Crippen molar-refractivity contribution >= 4 is 5.91 Å². The van der Waals surface area contributed by atoms with Gasteiger partial charge in [0.1, 0.15) is 0 Å². The zero-order valence-corrected chi connectivity index (χ0v) is 47.4. The van der Waals surface area contributed by atoms with E-state index in [1.807, 2.05) is 6.08 Å². The minimum atomic E-state index is -0.876. The molecule has 0 aliphatic heterocycles. The molecule has 0 saturated heterocycles. The molecule has 0 bridgehead atoms. The van der Waals surface area contributed by atoms with E-state index in [9.17, 15) is 15.0 Å². The van der Waals surface area contributed by atoms with Crippen LogP contribution in [0.1, 0.15) is 284 Å². The Kier molecular flexibility index (Phi) is 59.3. The molecule has 0 rings (SSSR count). The first-order chi connectivity index (χ1) is 35.7. The predicted octanol–water partition coefficient (Wildman–Crippen LogP) is 20.8. The zero-order chi connectivity index (χ0) is 52.0. The van der Waals surface area contributed by atoms with Crippen LogP contribution >= 0.6 is 0 Å². The number of carbonyl (C=O) groups is 1. The molecule has 0 fully saturated rings. The van der Waals surface area contributed by atoms with Gasteiger partial charge in [-0.05, 0) is 96.3 Å². The minimum Gasteiger partial charge on any atom is -0.394 e. The van der Waals surface area contributed by atoms with Crippen LogP contribution in [0.25, 0.3) is 0 Å². The third kappa shape index (κ3) is 57.7. The summed E-state index contributed by atoms with van der Waals surface area (Å²) in [6.45, 7) is 4.19. The van der Waals surface area contributed by atoms with Crippen LogP contribution in [0.2, 0.25) is 0 Å². The summed E-state index contributed by atoms with van der Waals surface area (Å²) in [7, 11) is 0. The number of nitrogens with one attached hydrogen (secondary N) is 1. The van der Waals surface area contributed by atoms with Crippen LogP contribution in [0, 0.1) is 0 Å². The Morgan fingerprint density at radius 1 is 0.347 bits per heavy atom. The Bertz CT molecular complexity index is 1410. The average molecular weight is 997 g/mol. The normalized spacial score (nSPS) is 13.7. The number of amides is 1. The topological polar surface area (TPSA) is 69.6 Å². The second-order valence-corrected chi connectivity index (χ2v) is 20.4. The highest BCUT2D eigenvalue weighted by molar-refractivity contribution is 5.76. The van der Waals surface area contributed by atoms with E-state index in [1.165, 1.54) is 167 Å². The number of rotatable bonds is 55. The maximum absolute atomic E-state index is 12.5. The molecule has 0 aromatic heterocycles. The molecule has 1 amide bonds. The molecule has 3 N–H and O–H groups in total. The van der Waals surface area contributed by atoms with Gasteiger partial charge in [0.25, 0.3) is 0 Å². The van der Waals surface area contributed by atoms with Gasteiger partial charge < -0.3 is 15.5 Å². The van der Waals surface area contributed by atoms with E-state index in [0.717, 1.165) is 96.3 Å². The molecule has 72 heavy (non-hydrogen) atoms. The molecule has 4 nitrogen and oxygen atoms in total. The lowest BCUT2D eigenvalue weighted by molar-refractivity contribution is -0.123. The smallest absolute Gasteiger partial charge is 0.220 e. The van der Waals surface area contributed by atoms with Gasteiger partial charge in [0.2, 0.25) is 5.91 Å². The van der Waals surface area contributed by atoms with Gasteiger partial charge in [0.15, 0.2) is 0 Å². The third-order valence-corrected chi connectivity index (χ3v) is 13.4. The van der Waals surface area contributed by atoms with Gasteiger partial charge in [0.05, 0.1) is 18.8 Å². The Hall–Kier alpha value is -3.21. The molecule has 2 unspecified atom stereocenters. The summed E-state index contributed by atoms with van der Waals surface area (Å²) in [5.41, 5.74) is 0. The van der Waals surface area contributed by atoms with E-state index in [4.69, 9.17) is 0 Å². The Labute approximate surface area is 448 Å². The molecule has 2 atom stereocenters. The largest absolute Gasteiger partial charge is 0.394 e. The van der Waals surface area contributed by atoms with Gasteiger partial charge in [-0.2, -0.15) is 0 Å². The van der Waals surface area contributed by atoms with Crippen LogP contribution in [0.15, 0.2) is 122 Å². The van der Waals surface area contributed by atoms with Gasteiger partial charge in [-0.3, -0.25) is 4.79 Å². The second kappa shape index (κ2) is 62.1. The Morgan fingerprint density at radius 2 is 0.625 bits per heavy atom. The van der Waals surface area contributed by atoms with Crippen LogP contribution in [0.5, 0.6) is 0 Å². The fraction of sp³-hybridized carbons (Fsp3) is 0.691. The summed E-state index contributed by atoms with van der Waals surface area (Å²) in [5, 5.41) is 23.2. The summed E-state index contributed by atoms with van der Waals surface area (Å²) in [6, 6.07) is -0.654. The molecule has 4 heteroatoms. The molecule has 412 valence electrons. The summed E-state index contributed by atoms with van der Waals surface area (Å²) in [5.74, 6) is -0.0851. The van der Waals surface area contributed by atoms with Crippen molar-refractivity contribution in [3.8, 4) is 0 Å². The van der Waals surface area contributed by atoms with Crippen LogP contribution in [0.4, 0.5) is 0 Å². The molecule has 0 spiro atoms. The lowest BCUT2D eigenvalue weighted by atomic mass is 10.0. The van der Waals surface area contributed by atoms with E-state index < -0.39 is 12.1 Å². The lowest BCUT2D eigenvalue weighted by Gasteiger charge is -2.19. The monoisotopic (exact) mass is 996 g/mol. The molecule has 0 aliphatic carbocycles. The fourth-order valence-corrected chi connectivity index (χ4v) is 8.80. The maximum atomic E-state index is 12.5. The van der Waals surface area contributed by atoms with Crippen molar-refractivity contribution < 1.29 is 15.0 Å². The standard InChI is InChI=1S/C68H117NO3/c1-3-5-7-9-11-13-15-17-19-21-23-25-27-29-31-32-33-34-35-36-38-40-42-44-46-48-50-52-54-56-58-60-62-64-68(72)69-66(65-70)67(71)63-61-59-57-55-53-51-49-47-45-43-41-39-37-30-28-26-24-22-20-18-16-14-12-10-8-6-4-2/h5,7,11,13,17,19,23,25,29,31,33-34,36,38,42,44,53,55,61,63,66-67,70-71H,3-4,6,8-10,12,14-16,18,20-22,24,26-28,30,32,35,37,39-41,43,45-52,54,56-60,62,64-65H2,1-2H3,(H,69,72)/b7-5-,13-11-,19-17-,25-23-,31-29-,34-33-,38-36-,44-42-,55-53+,63-61+. The highest BCUT2D eigenvalue weighted by atomic mass is 16.3. The molecule has 0 aromatic carbocycles. The van der Waals surface area contributed by atoms with Crippen molar-refractivity contribution in [2.45, 2.75) is 296 Å². The summed E-state index contributed by atoms with van der Waals surface area (Å²) >= 11 is 0. The van der Waals surface area contributed by atoms with Gasteiger partial charge in [-0.25, -0.2) is 0 Å². The highest BCUT2D eigenvalue weighted by Crippen LogP contribution is 2.16. The highest BCUT2D eigenvalue weighted by Gasteiger charge is 2.18. The summed E-state index contributed by atoms with van der Waals surface area (Å²) in [4.78, 5) is 12.5. The van der Waals surface area contributed by atoms with Crippen molar-refractivity contribution in [3.05, 3.63) is 122 Å². The first-order valence-corrected chi connectivity index (χ1v) is 30.7. The van der Waals surface area contributed by atoms with Gasteiger partial charge in [0, 0.05) is 6.42 Å². The van der Waals surface area contributed by atoms with Crippen molar-refractivity contribution in [2.24, 2.45) is 0 Å². The predicted molar refractivity (Wildman–Crippen MR) is 322 cm³/mol. The van der Waals surface area contributed by atoms with Gasteiger partial charge >= 0.3 is 0 Å². The summed E-state index contributed by atoms with van der Waals surface area (Å²) in [6.07, 6.45) is 95.2. The van der Waals surface area contributed by atoms with E-state index in [-0.39, 0.29) is 12.5 Å². The van der Waals surface area contributed by atoms with Crippen LogP contribution in [-0.4, -0.2) is 34.9 Å². The first-order valence-electron chi connectivity index (χ1n) is 30.7. The van der Waals surface area contributed by atoms with Crippen molar-refractivity contribution in [1.29, 1.82) is 0 Å². The SMILES string of the molecule is CC/C=C\C/C=C\C/C=C\C/C=C\C/C=C\C/C=C\C/C=C\C/C=C\CCCCCCCCCCC(=O)NC(CO)C(O)/C=C/CC/C=C/CCCCCCCCCCCCCCCCCCCCCCC. The van der Waals surface area contributed by atoms with E-state index >= 15 is 0 Å². The molecule has 0 aliphatic rings. The van der Waals surface area contributed by atoms with Crippen LogP contribution < -0.4 is 5.32 Å². The molecular formula is C68H117NO3. The Balaban J connectivity index is 3.61. The number of aliphatic hydroxyl groups excluding tert-OH is 2. The minimum absolute atomic E-state index is 0.0851. The van der Waals surface area contributed by atoms with Crippen LogP contribution in [-0.2, 0) is 4.79 Å². The van der Waals surface area contributed by atoms with E-state index in [1.54, 1.807) is 6.08 Å². The summed E-state index contributed by atoms with van der Waals surface area (Å²) < 4.78 is 0. The lowest BCUT2D eigenvalue weighted by Crippen LogP contribution is -2.45. The number of carbonyl (C=O) groups excluding carboxylic acids is 1. The van der Waals surface area contributed by atoms with E-state index in [0.29, 0.717) is 6.42 Å². The van der Waals surface area contributed by atoms with Crippen LogP contribution in [0.3, 0.4) is 0 Å². The van der Waals surface area contributed by atoms with Crippen molar-refractivity contribution in [1.82, 2.24) is 5.32 Å². The first kappa shape index (κ1) is 68.8. The molecule has 0 radical (unpaired) electrons. The van der Waals surface area contributed by atoms with Gasteiger partial charge in [-0.1, -0.05) is 302 Å². The van der Waals surface area contributed by atoms with E-state index in [2.05, 4.69) is 129 Å². The average Bonchev–Trinajstić information content (AvgIpc) is 3.39. The maximum Gasteiger partial charge on any atom is 0.220 e. The van der Waals surface area contributed by atoms with Crippen molar-refractivity contribution in [3.63, 3.8) is 0 Å².